The molecule has 3 aromatic rings. The van der Waals surface area contributed by atoms with Crippen molar-refractivity contribution in [3.05, 3.63) is 63.2 Å². The smallest absolute Gasteiger partial charge is 0.266 e. The van der Waals surface area contributed by atoms with Crippen LogP contribution in [0.1, 0.15) is 15.4 Å². The number of halogens is 2. The van der Waals surface area contributed by atoms with Gasteiger partial charge in [-0.2, -0.15) is 5.10 Å². The van der Waals surface area contributed by atoms with Crippen LogP contribution in [0.3, 0.4) is 0 Å². The standard InChI is InChI=1S/C15H9Cl2N3OS/c16-9-4-5-11-12(7-9)22-14(13(11)17)15(21)20-19-8-10-3-1-2-6-18-10/h1-8H,(H,20,21)/b19-8+. The van der Waals surface area contributed by atoms with Crippen molar-refractivity contribution in [1.29, 1.82) is 0 Å². The van der Waals surface area contributed by atoms with Gasteiger partial charge < -0.3 is 0 Å². The topological polar surface area (TPSA) is 54.4 Å². The van der Waals surface area contributed by atoms with Crippen LogP contribution in [-0.2, 0) is 0 Å². The van der Waals surface area contributed by atoms with Crippen LogP contribution in [-0.4, -0.2) is 17.1 Å². The fourth-order valence-electron chi connectivity index (χ4n) is 1.85. The Morgan fingerprint density at radius 2 is 2.14 bits per heavy atom. The van der Waals surface area contributed by atoms with E-state index in [1.165, 1.54) is 17.6 Å². The van der Waals surface area contributed by atoms with Crippen LogP contribution < -0.4 is 5.43 Å². The van der Waals surface area contributed by atoms with E-state index in [1.54, 1.807) is 36.5 Å². The minimum absolute atomic E-state index is 0.366. The summed E-state index contributed by atoms with van der Waals surface area (Å²) in [5, 5.41) is 5.69. The number of aromatic nitrogens is 1. The van der Waals surface area contributed by atoms with Crippen LogP contribution in [0.25, 0.3) is 10.1 Å². The van der Waals surface area contributed by atoms with Crippen LogP contribution in [0, 0.1) is 0 Å². The molecule has 1 amide bonds. The number of hydrogen-bond donors (Lipinski definition) is 1. The Kier molecular flexibility index (Phi) is 4.38. The molecule has 1 N–H and O–H groups in total. The molecule has 0 atom stereocenters. The van der Waals surface area contributed by atoms with Gasteiger partial charge in [0.1, 0.15) is 4.88 Å². The van der Waals surface area contributed by atoms with Gasteiger partial charge in [-0.1, -0.05) is 35.3 Å². The minimum Gasteiger partial charge on any atom is -0.266 e. The summed E-state index contributed by atoms with van der Waals surface area (Å²) >= 11 is 13.5. The zero-order chi connectivity index (χ0) is 15.5. The van der Waals surface area contributed by atoms with E-state index in [9.17, 15) is 4.79 Å². The summed E-state index contributed by atoms with van der Waals surface area (Å²) in [6.45, 7) is 0. The maximum absolute atomic E-state index is 12.2. The fourth-order valence-corrected chi connectivity index (χ4v) is 3.53. The molecular formula is C15H9Cl2N3OS. The molecule has 2 aromatic heterocycles. The molecule has 0 saturated heterocycles. The molecule has 0 aliphatic rings. The highest BCUT2D eigenvalue weighted by atomic mass is 35.5. The third-order valence-corrected chi connectivity index (χ3v) is 4.74. The van der Waals surface area contributed by atoms with E-state index in [1.807, 2.05) is 6.07 Å². The number of amides is 1. The van der Waals surface area contributed by atoms with Gasteiger partial charge in [0.05, 0.1) is 16.9 Å². The lowest BCUT2D eigenvalue weighted by atomic mass is 10.2. The molecular weight excluding hydrogens is 341 g/mol. The zero-order valence-electron chi connectivity index (χ0n) is 11.1. The molecule has 2 heterocycles. The largest absolute Gasteiger partial charge is 0.283 e. The molecule has 22 heavy (non-hydrogen) atoms. The number of hydrogen-bond acceptors (Lipinski definition) is 4. The van der Waals surface area contributed by atoms with Gasteiger partial charge in [-0.15, -0.1) is 11.3 Å². The van der Waals surface area contributed by atoms with Gasteiger partial charge in [-0.05, 0) is 24.3 Å². The second-order valence-electron chi connectivity index (χ2n) is 4.34. The molecule has 0 aliphatic heterocycles. The summed E-state index contributed by atoms with van der Waals surface area (Å²) in [7, 11) is 0. The Hall–Kier alpha value is -1.95. The molecule has 0 unspecified atom stereocenters. The van der Waals surface area contributed by atoms with Crippen molar-refractivity contribution in [2.45, 2.75) is 0 Å². The number of nitrogens with zero attached hydrogens (tertiary/aromatic N) is 2. The first-order valence-electron chi connectivity index (χ1n) is 6.27. The zero-order valence-corrected chi connectivity index (χ0v) is 13.4. The highest BCUT2D eigenvalue weighted by Crippen LogP contribution is 2.36. The lowest BCUT2D eigenvalue weighted by Crippen LogP contribution is -2.16. The Morgan fingerprint density at radius 1 is 1.27 bits per heavy atom. The predicted molar refractivity (Wildman–Crippen MR) is 91.1 cm³/mol. The number of carbonyl (C=O) groups is 1. The number of hydrazone groups is 1. The average Bonchev–Trinajstić information content (AvgIpc) is 2.84. The Balaban J connectivity index is 1.80. The Labute approximate surface area is 140 Å². The van der Waals surface area contributed by atoms with Gasteiger partial charge in [0.15, 0.2) is 0 Å². The SMILES string of the molecule is O=C(N/N=C/c1ccccn1)c1sc2cc(Cl)ccc2c1Cl. The van der Waals surface area contributed by atoms with Crippen LogP contribution >= 0.6 is 34.5 Å². The first-order valence-corrected chi connectivity index (χ1v) is 7.84. The van der Waals surface area contributed by atoms with E-state index in [2.05, 4.69) is 15.5 Å². The van der Waals surface area contributed by atoms with Crippen molar-refractivity contribution in [3.8, 4) is 0 Å². The molecule has 0 bridgehead atoms. The van der Waals surface area contributed by atoms with Crippen molar-refractivity contribution >= 4 is 56.7 Å². The number of pyridine rings is 1. The van der Waals surface area contributed by atoms with Gasteiger partial charge in [0.25, 0.3) is 5.91 Å². The van der Waals surface area contributed by atoms with E-state index < -0.39 is 0 Å². The number of nitrogens with one attached hydrogen (secondary N) is 1. The number of rotatable bonds is 3. The minimum atomic E-state index is -0.366. The number of benzene rings is 1. The lowest BCUT2D eigenvalue weighted by molar-refractivity contribution is 0.0959. The monoisotopic (exact) mass is 349 g/mol. The summed E-state index contributed by atoms with van der Waals surface area (Å²) in [6, 6.07) is 10.7. The van der Waals surface area contributed by atoms with Crippen LogP contribution in [0.2, 0.25) is 10.0 Å². The lowest BCUT2D eigenvalue weighted by Gasteiger charge is -1.97. The quantitative estimate of drug-likeness (QED) is 0.563. The summed E-state index contributed by atoms with van der Waals surface area (Å²) in [5.74, 6) is -0.366. The maximum atomic E-state index is 12.2. The van der Waals surface area contributed by atoms with Gasteiger partial charge in [0.2, 0.25) is 0 Å². The van der Waals surface area contributed by atoms with Gasteiger partial charge in [0, 0.05) is 21.3 Å². The fraction of sp³-hybridized carbons (Fsp3) is 0. The van der Waals surface area contributed by atoms with E-state index in [4.69, 9.17) is 23.2 Å². The summed E-state index contributed by atoms with van der Waals surface area (Å²) < 4.78 is 0.858. The van der Waals surface area contributed by atoms with E-state index in [-0.39, 0.29) is 5.91 Å². The molecule has 110 valence electrons. The van der Waals surface area contributed by atoms with Crippen molar-refractivity contribution in [2.24, 2.45) is 5.10 Å². The molecule has 7 heteroatoms. The number of thiophene rings is 1. The molecule has 0 radical (unpaired) electrons. The summed E-state index contributed by atoms with van der Waals surface area (Å²) in [5.41, 5.74) is 3.10. The Bertz CT molecular complexity index is 862. The Morgan fingerprint density at radius 3 is 2.91 bits per heavy atom. The van der Waals surface area contributed by atoms with Crippen molar-refractivity contribution < 1.29 is 4.79 Å². The van der Waals surface area contributed by atoms with Crippen LogP contribution in [0.4, 0.5) is 0 Å². The normalized spacial score (nSPS) is 11.2. The van der Waals surface area contributed by atoms with Gasteiger partial charge >= 0.3 is 0 Å². The van der Waals surface area contributed by atoms with E-state index in [0.29, 0.717) is 20.6 Å². The molecule has 0 saturated carbocycles. The summed E-state index contributed by atoms with van der Waals surface area (Å²) in [4.78, 5) is 16.6. The van der Waals surface area contributed by atoms with Crippen molar-refractivity contribution in [3.63, 3.8) is 0 Å². The summed E-state index contributed by atoms with van der Waals surface area (Å²) in [6.07, 6.45) is 3.12. The third-order valence-electron chi connectivity index (χ3n) is 2.85. The van der Waals surface area contributed by atoms with E-state index >= 15 is 0 Å². The molecule has 3 rings (SSSR count). The molecule has 4 nitrogen and oxygen atoms in total. The van der Waals surface area contributed by atoms with Crippen LogP contribution in [0.5, 0.6) is 0 Å². The molecule has 0 fully saturated rings. The average molecular weight is 350 g/mol. The first kappa shape index (κ1) is 15.0. The van der Waals surface area contributed by atoms with Gasteiger partial charge in [-0.25, -0.2) is 5.43 Å². The van der Waals surface area contributed by atoms with Crippen molar-refractivity contribution in [2.75, 3.05) is 0 Å². The second kappa shape index (κ2) is 6.44. The predicted octanol–water partition coefficient (Wildman–Crippen LogP) is 4.37. The number of carbonyl (C=O) groups excluding carboxylic acids is 1. The van der Waals surface area contributed by atoms with Crippen LogP contribution in [0.15, 0.2) is 47.7 Å². The number of fused-ring (bicyclic) bond motifs is 1. The van der Waals surface area contributed by atoms with E-state index in [0.717, 1.165) is 10.1 Å². The van der Waals surface area contributed by atoms with Gasteiger partial charge in [-0.3, -0.25) is 9.78 Å². The molecule has 0 aliphatic carbocycles. The molecule has 0 spiro atoms. The third kappa shape index (κ3) is 3.11. The highest BCUT2D eigenvalue weighted by molar-refractivity contribution is 7.21. The molecule has 1 aromatic carbocycles. The highest BCUT2D eigenvalue weighted by Gasteiger charge is 2.16. The maximum Gasteiger partial charge on any atom is 0.283 e. The first-order chi connectivity index (χ1) is 10.6. The second-order valence-corrected chi connectivity index (χ2v) is 6.21. The van der Waals surface area contributed by atoms with Crippen molar-refractivity contribution in [1.82, 2.24) is 10.4 Å².